The van der Waals surface area contributed by atoms with E-state index in [1.165, 1.54) is 6.07 Å². The zero-order valence-corrected chi connectivity index (χ0v) is 13.1. The first kappa shape index (κ1) is 14.7. The van der Waals surface area contributed by atoms with Crippen molar-refractivity contribution in [1.82, 2.24) is 14.9 Å². The lowest BCUT2D eigenvalue weighted by Crippen LogP contribution is -2.49. The molecule has 4 rings (SSSR count). The number of aromatic amines is 1. The molecule has 0 spiro atoms. The maximum Gasteiger partial charge on any atom is 0.270 e. The summed E-state index contributed by atoms with van der Waals surface area (Å²) in [5.74, 6) is 0.495. The number of amides is 1. The van der Waals surface area contributed by atoms with Gasteiger partial charge in [-0.05, 0) is 24.3 Å². The van der Waals surface area contributed by atoms with Crippen LogP contribution in [0.15, 0.2) is 48.7 Å². The van der Waals surface area contributed by atoms with E-state index in [2.05, 4.69) is 14.9 Å². The summed E-state index contributed by atoms with van der Waals surface area (Å²) in [6.07, 6.45) is 1.77. The summed E-state index contributed by atoms with van der Waals surface area (Å²) < 4.78 is 13.8. The first-order valence-corrected chi connectivity index (χ1v) is 7.95. The molecule has 1 aliphatic rings. The molecule has 1 amide bonds. The highest BCUT2D eigenvalue weighted by atomic mass is 19.1. The number of benzene rings is 1. The van der Waals surface area contributed by atoms with Crippen LogP contribution in [0.2, 0.25) is 0 Å². The molecule has 1 fully saturated rings. The minimum atomic E-state index is -0.341. The van der Waals surface area contributed by atoms with Crippen molar-refractivity contribution >= 4 is 22.6 Å². The van der Waals surface area contributed by atoms with E-state index in [9.17, 15) is 9.18 Å². The number of piperazine rings is 1. The molecule has 5 nitrogen and oxygen atoms in total. The smallest absolute Gasteiger partial charge is 0.270 e. The maximum absolute atomic E-state index is 13.8. The number of para-hydroxylation sites is 1. The van der Waals surface area contributed by atoms with Gasteiger partial charge in [-0.15, -0.1) is 0 Å². The number of pyridine rings is 1. The number of aromatic nitrogens is 2. The van der Waals surface area contributed by atoms with Crippen LogP contribution in [0, 0.1) is 5.82 Å². The Morgan fingerprint density at radius 3 is 2.62 bits per heavy atom. The van der Waals surface area contributed by atoms with Crippen LogP contribution in [0.4, 0.5) is 10.2 Å². The Hall–Kier alpha value is -2.89. The van der Waals surface area contributed by atoms with Gasteiger partial charge in [0.05, 0.1) is 5.52 Å². The number of nitrogens with zero attached hydrogens (tertiary/aromatic N) is 3. The Labute approximate surface area is 138 Å². The molecule has 0 aliphatic carbocycles. The molecule has 3 aromatic rings. The van der Waals surface area contributed by atoms with Crippen molar-refractivity contribution < 1.29 is 9.18 Å². The number of hydrogen-bond acceptors (Lipinski definition) is 3. The topological polar surface area (TPSA) is 52.2 Å². The fraction of sp³-hybridized carbons (Fsp3) is 0.222. The average molecular weight is 324 g/mol. The first-order valence-electron chi connectivity index (χ1n) is 7.95. The minimum Gasteiger partial charge on any atom is -0.353 e. The van der Waals surface area contributed by atoms with Gasteiger partial charge in [-0.25, -0.2) is 9.37 Å². The van der Waals surface area contributed by atoms with Crippen LogP contribution < -0.4 is 4.90 Å². The summed E-state index contributed by atoms with van der Waals surface area (Å²) in [4.78, 5) is 23.9. The third-order valence-corrected chi connectivity index (χ3v) is 4.38. The van der Waals surface area contributed by atoms with Crippen molar-refractivity contribution in [2.75, 3.05) is 31.1 Å². The molecule has 0 saturated carbocycles. The van der Waals surface area contributed by atoms with E-state index in [1.807, 2.05) is 18.2 Å². The van der Waals surface area contributed by atoms with Gasteiger partial charge in [0.2, 0.25) is 0 Å². The molecule has 24 heavy (non-hydrogen) atoms. The summed E-state index contributed by atoms with van der Waals surface area (Å²) in [6.45, 7) is 2.70. The predicted molar refractivity (Wildman–Crippen MR) is 90.6 cm³/mol. The fourth-order valence-electron chi connectivity index (χ4n) is 3.08. The monoisotopic (exact) mass is 324 g/mol. The molecule has 0 atom stereocenters. The summed E-state index contributed by atoms with van der Waals surface area (Å²) in [5, 5.41) is 0.713. The largest absolute Gasteiger partial charge is 0.353 e. The van der Waals surface area contributed by atoms with E-state index in [0.29, 0.717) is 29.7 Å². The van der Waals surface area contributed by atoms with Gasteiger partial charge in [0, 0.05) is 37.8 Å². The molecule has 0 unspecified atom stereocenters. The molecule has 0 radical (unpaired) electrons. The summed E-state index contributed by atoms with van der Waals surface area (Å²) in [7, 11) is 0. The number of carbonyl (C=O) groups excluding carboxylic acids is 1. The van der Waals surface area contributed by atoms with Crippen molar-refractivity contribution in [3.05, 3.63) is 60.2 Å². The third-order valence-electron chi connectivity index (χ3n) is 4.38. The summed E-state index contributed by atoms with van der Waals surface area (Å²) in [6, 6.07) is 12.4. The van der Waals surface area contributed by atoms with Gasteiger partial charge in [0.1, 0.15) is 17.3 Å². The van der Waals surface area contributed by atoms with Crippen LogP contribution in [0.3, 0.4) is 0 Å². The van der Waals surface area contributed by atoms with E-state index >= 15 is 0 Å². The van der Waals surface area contributed by atoms with Crippen LogP contribution in [-0.4, -0.2) is 47.0 Å². The second-order valence-corrected chi connectivity index (χ2v) is 5.85. The molecule has 1 aliphatic heterocycles. The summed E-state index contributed by atoms with van der Waals surface area (Å²) >= 11 is 0. The molecule has 122 valence electrons. The number of H-pyrrole nitrogens is 1. The second kappa shape index (κ2) is 5.96. The number of anilines is 1. The summed E-state index contributed by atoms with van der Waals surface area (Å²) in [5.41, 5.74) is 0.814. The predicted octanol–water partition coefficient (Wildman–Crippen LogP) is 2.66. The molecule has 2 aromatic heterocycles. The van der Waals surface area contributed by atoms with Crippen LogP contribution in [0.5, 0.6) is 0 Å². The van der Waals surface area contributed by atoms with E-state index < -0.39 is 0 Å². The van der Waals surface area contributed by atoms with E-state index in [4.69, 9.17) is 0 Å². The number of hydrogen-bond donors (Lipinski definition) is 1. The zero-order valence-electron chi connectivity index (χ0n) is 13.1. The lowest BCUT2D eigenvalue weighted by molar-refractivity contribution is 0.0741. The number of halogens is 1. The molecule has 6 heteroatoms. The van der Waals surface area contributed by atoms with Gasteiger partial charge < -0.3 is 14.8 Å². The van der Waals surface area contributed by atoms with E-state index in [0.717, 1.165) is 18.9 Å². The normalized spacial score (nSPS) is 15.0. The number of carbonyl (C=O) groups is 1. The lowest BCUT2D eigenvalue weighted by Gasteiger charge is -2.35. The van der Waals surface area contributed by atoms with Crippen molar-refractivity contribution in [3.8, 4) is 0 Å². The van der Waals surface area contributed by atoms with Gasteiger partial charge in [-0.1, -0.05) is 18.2 Å². The Bertz CT molecular complexity index is 869. The van der Waals surface area contributed by atoms with Crippen LogP contribution in [0.25, 0.3) is 10.9 Å². The van der Waals surface area contributed by atoms with Gasteiger partial charge >= 0.3 is 0 Å². The average Bonchev–Trinajstić information content (AvgIpc) is 3.08. The Kier molecular flexibility index (Phi) is 3.65. The van der Waals surface area contributed by atoms with Crippen LogP contribution in [-0.2, 0) is 0 Å². The molecular formula is C18H17FN4O. The number of rotatable bonds is 2. The second-order valence-electron chi connectivity index (χ2n) is 5.85. The Morgan fingerprint density at radius 1 is 1.08 bits per heavy atom. The number of fused-ring (bicyclic) bond motifs is 1. The van der Waals surface area contributed by atoms with Gasteiger partial charge in [-0.2, -0.15) is 0 Å². The zero-order chi connectivity index (χ0) is 16.5. The van der Waals surface area contributed by atoms with Gasteiger partial charge in [0.15, 0.2) is 0 Å². The van der Waals surface area contributed by atoms with Crippen LogP contribution >= 0.6 is 0 Å². The van der Waals surface area contributed by atoms with Crippen LogP contribution in [0.1, 0.15) is 10.5 Å². The fourth-order valence-corrected chi connectivity index (χ4v) is 3.08. The quantitative estimate of drug-likeness (QED) is 0.788. The van der Waals surface area contributed by atoms with Gasteiger partial charge in [0.25, 0.3) is 5.91 Å². The molecule has 0 bridgehead atoms. The van der Waals surface area contributed by atoms with Crippen molar-refractivity contribution in [3.63, 3.8) is 0 Å². The first-order chi connectivity index (χ1) is 11.7. The molecule has 3 heterocycles. The maximum atomic E-state index is 13.8. The highest BCUT2D eigenvalue weighted by Gasteiger charge is 2.24. The standard InChI is InChI=1S/C18H17FN4O/c19-14-5-3-4-13-12-15(21-17(13)14)18(24)23-10-8-22(9-11-23)16-6-1-2-7-20-16/h1-7,12,21H,8-11H2. The van der Waals surface area contributed by atoms with E-state index in [-0.39, 0.29) is 11.7 Å². The van der Waals surface area contributed by atoms with Crippen molar-refractivity contribution in [2.45, 2.75) is 0 Å². The molecule has 1 N–H and O–H groups in total. The number of nitrogens with one attached hydrogen (secondary N) is 1. The van der Waals surface area contributed by atoms with E-state index in [1.54, 1.807) is 29.3 Å². The molecule has 1 saturated heterocycles. The Morgan fingerprint density at radius 2 is 1.92 bits per heavy atom. The highest BCUT2D eigenvalue weighted by molar-refractivity contribution is 5.98. The van der Waals surface area contributed by atoms with Gasteiger partial charge in [-0.3, -0.25) is 4.79 Å². The third kappa shape index (κ3) is 2.60. The SMILES string of the molecule is O=C(c1cc2cccc(F)c2[nH]1)N1CCN(c2ccccn2)CC1. The Balaban J connectivity index is 1.48. The lowest BCUT2D eigenvalue weighted by atomic mass is 10.2. The molecular weight excluding hydrogens is 307 g/mol. The van der Waals surface area contributed by atoms with Crippen molar-refractivity contribution in [1.29, 1.82) is 0 Å². The minimum absolute atomic E-state index is 0.0914. The highest BCUT2D eigenvalue weighted by Crippen LogP contribution is 2.20. The van der Waals surface area contributed by atoms with Crippen molar-refractivity contribution in [2.24, 2.45) is 0 Å². The molecule has 1 aromatic carbocycles.